The molecule has 1 nitrogen and oxygen atoms in total. The molecule has 1 fully saturated rings. The molecule has 0 bridgehead atoms. The van der Waals surface area contributed by atoms with Crippen LogP contribution < -0.4 is 0 Å². The minimum absolute atomic E-state index is 0.783. The van der Waals surface area contributed by atoms with Gasteiger partial charge in [0.25, 0.3) is 0 Å². The van der Waals surface area contributed by atoms with Gasteiger partial charge in [-0.2, -0.15) is 4.99 Å². The van der Waals surface area contributed by atoms with Crippen LogP contribution in [0.2, 0.25) is 0 Å². The lowest BCUT2D eigenvalue weighted by Gasteiger charge is -2.29. The van der Waals surface area contributed by atoms with Crippen LogP contribution in [-0.4, -0.2) is 5.16 Å². The minimum Gasteiger partial charge on any atom is -0.195 e. The average Bonchev–Trinajstić information content (AvgIpc) is 2.75. The number of nitrogens with zero attached hydrogens (tertiary/aromatic N) is 1. The molecule has 0 aliphatic heterocycles. The smallest absolute Gasteiger partial charge is 0.0739 e. The molecule has 0 spiro atoms. The standard InChI is InChI=1S/C26H33NS/c1-2-3-4-5-21-8-14-24(15-9-21)25-16-10-22(11-17-25)6-7-23-12-18-26(19-13-23)27-20-28/h10-13,16-19,21,24H,2-9,14-15H2,1H3/t21-,24-. The van der Waals surface area contributed by atoms with Crippen molar-refractivity contribution in [2.45, 2.75) is 77.0 Å². The monoisotopic (exact) mass is 391 g/mol. The van der Waals surface area contributed by atoms with Crippen LogP contribution in [-0.2, 0) is 12.8 Å². The first-order valence-corrected chi connectivity index (χ1v) is 11.4. The first-order valence-electron chi connectivity index (χ1n) is 11.0. The van der Waals surface area contributed by atoms with Crippen LogP contribution >= 0.6 is 12.2 Å². The van der Waals surface area contributed by atoms with Gasteiger partial charge in [0.05, 0.1) is 10.8 Å². The summed E-state index contributed by atoms with van der Waals surface area (Å²) in [6, 6.07) is 17.7. The van der Waals surface area contributed by atoms with Gasteiger partial charge in [0.2, 0.25) is 0 Å². The summed E-state index contributed by atoms with van der Waals surface area (Å²) in [5.74, 6) is 1.77. The number of rotatable bonds is 9. The van der Waals surface area contributed by atoms with E-state index < -0.39 is 0 Å². The number of thiocarbonyl (C=S) groups is 1. The van der Waals surface area contributed by atoms with Gasteiger partial charge in [0.1, 0.15) is 0 Å². The van der Waals surface area contributed by atoms with Crippen molar-refractivity contribution in [3.63, 3.8) is 0 Å². The zero-order valence-electron chi connectivity index (χ0n) is 17.2. The molecule has 0 amide bonds. The third kappa shape index (κ3) is 6.40. The Balaban J connectivity index is 1.45. The molecule has 148 valence electrons. The van der Waals surface area contributed by atoms with Gasteiger partial charge in [-0.05, 0) is 91.4 Å². The Kier molecular flexibility index (Phi) is 8.45. The second kappa shape index (κ2) is 11.3. The summed E-state index contributed by atoms with van der Waals surface area (Å²) in [7, 11) is 0. The molecule has 0 aromatic heterocycles. The number of hydrogen-bond acceptors (Lipinski definition) is 2. The highest BCUT2D eigenvalue weighted by Crippen LogP contribution is 2.37. The van der Waals surface area contributed by atoms with E-state index in [1.54, 1.807) is 5.56 Å². The van der Waals surface area contributed by atoms with E-state index in [2.05, 4.69) is 65.7 Å². The maximum atomic E-state index is 4.65. The van der Waals surface area contributed by atoms with Crippen LogP contribution in [0, 0.1) is 5.92 Å². The Labute approximate surface area is 176 Å². The Morgan fingerprint density at radius 3 is 2.04 bits per heavy atom. The quantitative estimate of drug-likeness (QED) is 0.239. The van der Waals surface area contributed by atoms with Crippen molar-refractivity contribution in [3.05, 3.63) is 65.2 Å². The highest BCUT2D eigenvalue weighted by molar-refractivity contribution is 7.78. The first kappa shape index (κ1) is 21.0. The topological polar surface area (TPSA) is 12.4 Å². The van der Waals surface area contributed by atoms with Gasteiger partial charge < -0.3 is 0 Å². The lowest BCUT2D eigenvalue weighted by Crippen LogP contribution is -2.13. The largest absolute Gasteiger partial charge is 0.195 e. The predicted molar refractivity (Wildman–Crippen MR) is 124 cm³/mol. The van der Waals surface area contributed by atoms with Gasteiger partial charge in [-0.3, -0.25) is 0 Å². The Morgan fingerprint density at radius 2 is 1.46 bits per heavy atom. The van der Waals surface area contributed by atoms with E-state index in [0.29, 0.717) is 0 Å². The van der Waals surface area contributed by atoms with Crippen molar-refractivity contribution >= 4 is 23.1 Å². The number of unbranched alkanes of at least 4 members (excludes halogenated alkanes) is 2. The molecule has 1 aliphatic carbocycles. The summed E-state index contributed by atoms with van der Waals surface area (Å²) in [6.07, 6.45) is 13.4. The normalized spacial score (nSPS) is 19.2. The van der Waals surface area contributed by atoms with Crippen LogP contribution in [0.25, 0.3) is 0 Å². The third-order valence-electron chi connectivity index (χ3n) is 6.33. The van der Waals surface area contributed by atoms with Gasteiger partial charge >= 0.3 is 0 Å². The van der Waals surface area contributed by atoms with Gasteiger partial charge in [-0.1, -0.05) is 69.0 Å². The van der Waals surface area contributed by atoms with Gasteiger partial charge in [-0.15, -0.1) is 0 Å². The van der Waals surface area contributed by atoms with Crippen molar-refractivity contribution in [1.82, 2.24) is 0 Å². The van der Waals surface area contributed by atoms with Crippen molar-refractivity contribution in [2.24, 2.45) is 10.9 Å². The Morgan fingerprint density at radius 1 is 0.857 bits per heavy atom. The molecule has 0 atom stereocenters. The molecule has 1 saturated carbocycles. The maximum Gasteiger partial charge on any atom is 0.0739 e. The Bertz CT molecular complexity index is 748. The van der Waals surface area contributed by atoms with E-state index in [0.717, 1.165) is 30.4 Å². The maximum absolute atomic E-state index is 4.65. The number of aliphatic imine (C=N–C) groups is 1. The first-order chi connectivity index (χ1) is 13.8. The molecule has 0 radical (unpaired) electrons. The molecule has 0 N–H and O–H groups in total. The summed E-state index contributed by atoms with van der Waals surface area (Å²) in [6.45, 7) is 2.30. The fraction of sp³-hybridized carbons (Fsp3) is 0.500. The summed E-state index contributed by atoms with van der Waals surface area (Å²) in [4.78, 5) is 4.01. The summed E-state index contributed by atoms with van der Waals surface area (Å²) < 4.78 is 0. The van der Waals surface area contributed by atoms with E-state index in [9.17, 15) is 0 Å². The zero-order valence-corrected chi connectivity index (χ0v) is 18.0. The van der Waals surface area contributed by atoms with Gasteiger partial charge in [0.15, 0.2) is 0 Å². The number of isothiocyanates is 1. The SMILES string of the molecule is CCCCC[C@H]1CC[C@H](c2ccc(CCc3ccc(N=C=S)cc3)cc2)CC1. The second-order valence-electron chi connectivity index (χ2n) is 8.32. The lowest BCUT2D eigenvalue weighted by molar-refractivity contribution is 0.303. The highest BCUT2D eigenvalue weighted by Gasteiger charge is 2.21. The summed E-state index contributed by atoms with van der Waals surface area (Å²) >= 11 is 4.65. The molecule has 0 unspecified atom stereocenters. The van der Waals surface area contributed by atoms with Crippen molar-refractivity contribution in [3.8, 4) is 0 Å². The summed E-state index contributed by atoms with van der Waals surface area (Å²) in [5.41, 5.74) is 5.20. The molecule has 28 heavy (non-hydrogen) atoms. The molecular formula is C26H33NS. The number of benzene rings is 2. The predicted octanol–water partition coefficient (Wildman–Crippen LogP) is 8.06. The van der Waals surface area contributed by atoms with E-state index in [1.165, 1.54) is 62.5 Å². The summed E-state index contributed by atoms with van der Waals surface area (Å²) in [5, 5.41) is 2.42. The number of aryl methyl sites for hydroxylation is 2. The van der Waals surface area contributed by atoms with Crippen LogP contribution in [0.5, 0.6) is 0 Å². The van der Waals surface area contributed by atoms with E-state index in [1.807, 2.05) is 12.1 Å². The minimum atomic E-state index is 0.783. The second-order valence-corrected chi connectivity index (χ2v) is 8.51. The van der Waals surface area contributed by atoms with Gasteiger partial charge in [-0.25, -0.2) is 0 Å². The lowest BCUT2D eigenvalue weighted by atomic mass is 9.77. The fourth-order valence-electron chi connectivity index (χ4n) is 4.50. The average molecular weight is 392 g/mol. The molecule has 2 heteroatoms. The molecular weight excluding hydrogens is 358 g/mol. The van der Waals surface area contributed by atoms with Crippen LogP contribution in [0.3, 0.4) is 0 Å². The van der Waals surface area contributed by atoms with Crippen LogP contribution in [0.1, 0.15) is 80.9 Å². The van der Waals surface area contributed by atoms with Crippen LogP contribution in [0.15, 0.2) is 53.5 Å². The molecule has 0 saturated heterocycles. The molecule has 0 heterocycles. The van der Waals surface area contributed by atoms with Crippen molar-refractivity contribution in [1.29, 1.82) is 0 Å². The van der Waals surface area contributed by atoms with E-state index >= 15 is 0 Å². The number of hydrogen-bond donors (Lipinski definition) is 0. The fourth-order valence-corrected chi connectivity index (χ4v) is 4.61. The molecule has 3 rings (SSSR count). The molecule has 2 aromatic carbocycles. The van der Waals surface area contributed by atoms with E-state index in [4.69, 9.17) is 0 Å². The third-order valence-corrected chi connectivity index (χ3v) is 6.42. The van der Waals surface area contributed by atoms with Crippen molar-refractivity contribution in [2.75, 3.05) is 0 Å². The van der Waals surface area contributed by atoms with Gasteiger partial charge in [0, 0.05) is 0 Å². The Hall–Kier alpha value is -1.76. The molecule has 2 aromatic rings. The van der Waals surface area contributed by atoms with Crippen molar-refractivity contribution < 1.29 is 0 Å². The molecule has 1 aliphatic rings. The zero-order chi connectivity index (χ0) is 19.6. The highest BCUT2D eigenvalue weighted by atomic mass is 32.1. The van der Waals surface area contributed by atoms with E-state index in [-0.39, 0.29) is 0 Å². The van der Waals surface area contributed by atoms with Crippen LogP contribution in [0.4, 0.5) is 5.69 Å².